The number of nitrogens with zero attached hydrogens (tertiary/aromatic N) is 1. The van der Waals surface area contributed by atoms with Crippen molar-refractivity contribution >= 4 is 18.0 Å². The van der Waals surface area contributed by atoms with Crippen molar-refractivity contribution in [3.05, 3.63) is 0 Å². The number of amides is 2. The molecule has 0 aromatic heterocycles. The van der Waals surface area contributed by atoms with Gasteiger partial charge in [0.25, 0.3) is 5.91 Å². The SMILES string of the molecule is CC(C)(C)OC(=O)[C@@H]1C[C@@]2(C[C@H]3OC[C@H]4OC(C)(C)O[C@H]4[C@H]3O2)C(=O)N1C(=O)OC(C)(C)C. The van der Waals surface area contributed by atoms with Crippen LogP contribution in [-0.4, -0.2) is 82.5 Å². The fourth-order valence-electron chi connectivity index (χ4n) is 4.95. The van der Waals surface area contributed by atoms with Crippen molar-refractivity contribution in [3.8, 4) is 0 Å². The van der Waals surface area contributed by atoms with Gasteiger partial charge in [0.1, 0.15) is 35.6 Å². The molecule has 1 spiro atoms. The number of rotatable bonds is 1. The maximum absolute atomic E-state index is 13.7. The first-order valence-corrected chi connectivity index (χ1v) is 11.4. The summed E-state index contributed by atoms with van der Waals surface area (Å²) in [5.41, 5.74) is -3.07. The van der Waals surface area contributed by atoms with Crippen LogP contribution >= 0.6 is 0 Å². The minimum atomic E-state index is -1.42. The molecule has 186 valence electrons. The van der Waals surface area contributed by atoms with E-state index in [2.05, 4.69) is 0 Å². The number of fused-ring (bicyclic) bond motifs is 3. The Hall–Kier alpha value is -1.75. The molecule has 4 heterocycles. The van der Waals surface area contributed by atoms with Crippen LogP contribution in [0.4, 0.5) is 4.79 Å². The van der Waals surface area contributed by atoms with E-state index in [4.69, 9.17) is 28.4 Å². The fraction of sp³-hybridized carbons (Fsp3) is 0.870. The summed E-state index contributed by atoms with van der Waals surface area (Å²) in [7, 11) is 0. The number of carbonyl (C=O) groups excluding carboxylic acids is 3. The second-order valence-corrected chi connectivity index (χ2v) is 11.7. The minimum Gasteiger partial charge on any atom is -0.458 e. The van der Waals surface area contributed by atoms with Crippen molar-refractivity contribution < 1.29 is 42.8 Å². The summed E-state index contributed by atoms with van der Waals surface area (Å²) in [5, 5.41) is 0. The second kappa shape index (κ2) is 7.63. The monoisotopic (exact) mass is 469 g/mol. The van der Waals surface area contributed by atoms with E-state index in [1.165, 1.54) is 0 Å². The first-order valence-electron chi connectivity index (χ1n) is 11.4. The van der Waals surface area contributed by atoms with Crippen LogP contribution < -0.4 is 0 Å². The maximum atomic E-state index is 13.7. The van der Waals surface area contributed by atoms with Gasteiger partial charge < -0.3 is 28.4 Å². The summed E-state index contributed by atoms with van der Waals surface area (Å²) >= 11 is 0. The fourth-order valence-corrected chi connectivity index (χ4v) is 4.95. The van der Waals surface area contributed by atoms with Gasteiger partial charge in [-0.15, -0.1) is 0 Å². The molecule has 4 saturated heterocycles. The molecule has 0 bridgehead atoms. The van der Waals surface area contributed by atoms with Gasteiger partial charge in [-0.05, 0) is 55.4 Å². The molecule has 0 unspecified atom stereocenters. The third kappa shape index (κ3) is 4.62. The molecule has 0 saturated carbocycles. The van der Waals surface area contributed by atoms with Crippen LogP contribution in [0, 0.1) is 0 Å². The average Bonchev–Trinajstić information content (AvgIpc) is 3.23. The van der Waals surface area contributed by atoms with Crippen molar-refractivity contribution in [2.24, 2.45) is 0 Å². The van der Waals surface area contributed by atoms with Crippen LogP contribution in [-0.2, 0) is 38.0 Å². The normalized spacial score (nSPS) is 37.8. The molecule has 10 heteroatoms. The van der Waals surface area contributed by atoms with Crippen molar-refractivity contribution in [1.29, 1.82) is 0 Å². The van der Waals surface area contributed by atoms with Gasteiger partial charge in [-0.1, -0.05) is 0 Å². The zero-order valence-corrected chi connectivity index (χ0v) is 20.6. The summed E-state index contributed by atoms with van der Waals surface area (Å²) in [6, 6.07) is -1.17. The number of hydrogen-bond donors (Lipinski definition) is 0. The van der Waals surface area contributed by atoms with Gasteiger partial charge in [0.2, 0.25) is 0 Å². The molecule has 4 aliphatic rings. The molecule has 33 heavy (non-hydrogen) atoms. The van der Waals surface area contributed by atoms with Gasteiger partial charge in [-0.2, -0.15) is 0 Å². The van der Waals surface area contributed by atoms with E-state index in [1.54, 1.807) is 41.5 Å². The number of imide groups is 1. The summed E-state index contributed by atoms with van der Waals surface area (Å²) in [6.07, 6.45) is -2.48. The number of likely N-dealkylation sites (tertiary alicyclic amines) is 1. The predicted molar refractivity (Wildman–Crippen MR) is 113 cm³/mol. The van der Waals surface area contributed by atoms with Gasteiger partial charge in [0.15, 0.2) is 11.4 Å². The Morgan fingerprint density at radius 3 is 2.12 bits per heavy atom. The number of carbonyl (C=O) groups is 3. The van der Waals surface area contributed by atoms with Crippen LogP contribution in [0.5, 0.6) is 0 Å². The first kappa shape index (κ1) is 24.4. The van der Waals surface area contributed by atoms with Crippen LogP contribution in [0.15, 0.2) is 0 Å². The summed E-state index contributed by atoms with van der Waals surface area (Å²) in [6.45, 7) is 14.2. The van der Waals surface area contributed by atoms with Gasteiger partial charge in [-0.25, -0.2) is 14.5 Å². The minimum absolute atomic E-state index is 0.0437. The average molecular weight is 470 g/mol. The lowest BCUT2D eigenvalue weighted by Crippen LogP contribution is -2.50. The highest BCUT2D eigenvalue weighted by atomic mass is 16.8. The summed E-state index contributed by atoms with van der Waals surface area (Å²) < 4.78 is 35.2. The Morgan fingerprint density at radius 1 is 0.909 bits per heavy atom. The molecule has 0 radical (unpaired) electrons. The Morgan fingerprint density at radius 2 is 1.52 bits per heavy atom. The third-order valence-electron chi connectivity index (χ3n) is 5.99. The lowest BCUT2D eigenvalue weighted by Gasteiger charge is -2.32. The van der Waals surface area contributed by atoms with Crippen LogP contribution in [0.25, 0.3) is 0 Å². The van der Waals surface area contributed by atoms with Crippen LogP contribution in [0.1, 0.15) is 68.2 Å². The molecule has 2 amide bonds. The van der Waals surface area contributed by atoms with Crippen molar-refractivity contribution in [2.45, 2.75) is 121 Å². The van der Waals surface area contributed by atoms with Crippen molar-refractivity contribution in [1.82, 2.24) is 4.90 Å². The second-order valence-electron chi connectivity index (χ2n) is 11.7. The third-order valence-corrected chi connectivity index (χ3v) is 5.99. The van der Waals surface area contributed by atoms with E-state index in [9.17, 15) is 14.4 Å². The molecule has 6 atom stereocenters. The van der Waals surface area contributed by atoms with E-state index in [0.29, 0.717) is 6.61 Å². The van der Waals surface area contributed by atoms with Crippen LogP contribution in [0.3, 0.4) is 0 Å². The molecule has 4 rings (SSSR count). The molecule has 0 aromatic carbocycles. The van der Waals surface area contributed by atoms with E-state index in [0.717, 1.165) is 4.90 Å². The van der Waals surface area contributed by atoms with Crippen molar-refractivity contribution in [2.75, 3.05) is 6.61 Å². The quantitative estimate of drug-likeness (QED) is 0.534. The molecule has 4 fully saturated rings. The largest absolute Gasteiger partial charge is 0.458 e. The highest BCUT2D eigenvalue weighted by Gasteiger charge is 2.67. The Bertz CT molecular complexity index is 842. The molecule has 4 aliphatic heterocycles. The molecule has 0 aliphatic carbocycles. The highest BCUT2D eigenvalue weighted by Crippen LogP contribution is 2.49. The zero-order chi connectivity index (χ0) is 24.6. The first-order chi connectivity index (χ1) is 15.0. The lowest BCUT2D eigenvalue weighted by atomic mass is 9.92. The number of ether oxygens (including phenoxy) is 6. The lowest BCUT2D eigenvalue weighted by molar-refractivity contribution is -0.174. The summed E-state index contributed by atoms with van der Waals surface area (Å²) in [4.78, 5) is 40.6. The predicted octanol–water partition coefficient (Wildman–Crippen LogP) is 2.31. The molecular formula is C23H35NO9. The Labute approximate surface area is 194 Å². The highest BCUT2D eigenvalue weighted by molar-refractivity contribution is 6.04. The maximum Gasteiger partial charge on any atom is 0.417 e. The Balaban J connectivity index is 1.62. The molecular weight excluding hydrogens is 434 g/mol. The smallest absolute Gasteiger partial charge is 0.417 e. The van der Waals surface area contributed by atoms with Crippen LogP contribution in [0.2, 0.25) is 0 Å². The van der Waals surface area contributed by atoms with Gasteiger partial charge in [0.05, 0.1) is 12.7 Å². The summed E-state index contributed by atoms with van der Waals surface area (Å²) in [5.74, 6) is -2.11. The van der Waals surface area contributed by atoms with Gasteiger partial charge in [-0.3, -0.25) is 4.79 Å². The van der Waals surface area contributed by atoms with E-state index >= 15 is 0 Å². The number of esters is 1. The van der Waals surface area contributed by atoms with Gasteiger partial charge in [0, 0.05) is 12.8 Å². The van der Waals surface area contributed by atoms with Crippen molar-refractivity contribution in [3.63, 3.8) is 0 Å². The van der Waals surface area contributed by atoms with E-state index in [-0.39, 0.29) is 18.9 Å². The Kier molecular flexibility index (Phi) is 5.63. The zero-order valence-electron chi connectivity index (χ0n) is 20.6. The topological polar surface area (TPSA) is 110 Å². The molecule has 0 aromatic rings. The van der Waals surface area contributed by atoms with E-state index < -0.39 is 64.9 Å². The van der Waals surface area contributed by atoms with E-state index in [1.807, 2.05) is 13.8 Å². The molecule has 0 N–H and O–H groups in total. The number of hydrogen-bond acceptors (Lipinski definition) is 9. The standard InChI is InChI=1S/C23H35NO9/c1-20(2,3)32-17(25)12-9-23(18(26)24(12)19(27)33-21(4,5)6)10-13-15(31-23)16-14(11-28-13)29-22(7,8)30-16/h12-16H,9-11H2,1-8H3/t12-,13+,14+,15-,16+,23+/m0/s1. The van der Waals surface area contributed by atoms with Gasteiger partial charge >= 0.3 is 12.1 Å². The molecule has 10 nitrogen and oxygen atoms in total.